The molecule has 1 N–H and O–H groups in total. The maximum absolute atomic E-state index is 12.2. The Kier molecular flexibility index (Phi) is 5.04. The molecule has 0 saturated heterocycles. The van der Waals surface area contributed by atoms with E-state index in [4.69, 9.17) is 21.1 Å². The average molecular weight is 372 g/mol. The van der Waals surface area contributed by atoms with E-state index in [1.807, 2.05) is 0 Å². The number of nitrogens with one attached hydrogen (secondary N) is 1. The van der Waals surface area contributed by atoms with Crippen LogP contribution in [0.5, 0.6) is 5.75 Å². The van der Waals surface area contributed by atoms with Crippen molar-refractivity contribution in [3.05, 3.63) is 75.0 Å². The number of methoxy groups -OCH3 is 1. The Hall–Kier alpha value is -3.12. The van der Waals surface area contributed by atoms with Crippen LogP contribution in [0.25, 0.3) is 10.9 Å². The zero-order valence-corrected chi connectivity index (χ0v) is 14.5. The Bertz CT molecular complexity index is 1060. The quantitative estimate of drug-likeness (QED) is 0.549. The number of carbonyl (C=O) groups excluding carboxylic acids is 2. The first-order valence-electron chi connectivity index (χ1n) is 7.65. The summed E-state index contributed by atoms with van der Waals surface area (Å²) in [5.74, 6) is -0.777. The number of aromatic amines is 1. The van der Waals surface area contributed by atoms with Crippen molar-refractivity contribution in [2.75, 3.05) is 13.7 Å². The molecule has 6 nitrogen and oxygen atoms in total. The number of fused-ring (bicyclic) bond motifs is 1. The summed E-state index contributed by atoms with van der Waals surface area (Å²) in [5.41, 5.74) is 0.477. The van der Waals surface area contributed by atoms with Crippen LogP contribution in [-0.4, -0.2) is 30.5 Å². The molecule has 0 aliphatic rings. The lowest BCUT2D eigenvalue weighted by molar-refractivity contribution is 0.0469. The SMILES string of the molecule is COc1ccc(C(=O)COC(=O)c2cc(=O)c3ccccc3[nH]2)cc1Cl. The fraction of sp³-hybridized carbons (Fsp3) is 0.105. The minimum atomic E-state index is -0.791. The fourth-order valence-electron chi connectivity index (χ4n) is 2.44. The van der Waals surface area contributed by atoms with Gasteiger partial charge < -0.3 is 14.5 Å². The average Bonchev–Trinajstić information content (AvgIpc) is 2.65. The van der Waals surface area contributed by atoms with E-state index in [9.17, 15) is 14.4 Å². The normalized spacial score (nSPS) is 10.5. The largest absolute Gasteiger partial charge is 0.495 e. The van der Waals surface area contributed by atoms with Crippen molar-refractivity contribution in [1.82, 2.24) is 4.98 Å². The summed E-state index contributed by atoms with van der Waals surface area (Å²) in [5, 5.41) is 0.747. The number of para-hydroxylation sites is 1. The molecule has 132 valence electrons. The highest BCUT2D eigenvalue weighted by atomic mass is 35.5. The Morgan fingerprint density at radius 2 is 1.88 bits per heavy atom. The van der Waals surface area contributed by atoms with Crippen LogP contribution < -0.4 is 10.2 Å². The number of esters is 1. The van der Waals surface area contributed by atoms with Gasteiger partial charge in [0.1, 0.15) is 11.4 Å². The molecule has 1 heterocycles. The van der Waals surface area contributed by atoms with Crippen LogP contribution in [0.15, 0.2) is 53.3 Å². The minimum absolute atomic E-state index is 0.0192. The van der Waals surface area contributed by atoms with E-state index < -0.39 is 18.4 Å². The summed E-state index contributed by atoms with van der Waals surface area (Å²) in [6, 6.07) is 12.5. The van der Waals surface area contributed by atoms with Crippen LogP contribution in [0.3, 0.4) is 0 Å². The fourth-order valence-corrected chi connectivity index (χ4v) is 2.70. The van der Waals surface area contributed by atoms with Crippen LogP contribution >= 0.6 is 11.6 Å². The van der Waals surface area contributed by atoms with Gasteiger partial charge in [-0.25, -0.2) is 4.79 Å². The smallest absolute Gasteiger partial charge is 0.355 e. The Balaban J connectivity index is 1.73. The lowest BCUT2D eigenvalue weighted by atomic mass is 10.1. The Morgan fingerprint density at radius 3 is 2.62 bits per heavy atom. The molecule has 26 heavy (non-hydrogen) atoms. The molecule has 0 spiro atoms. The lowest BCUT2D eigenvalue weighted by Crippen LogP contribution is -2.17. The summed E-state index contributed by atoms with van der Waals surface area (Å²) in [4.78, 5) is 39.2. The molecule has 0 atom stereocenters. The highest BCUT2D eigenvalue weighted by molar-refractivity contribution is 6.32. The first-order chi connectivity index (χ1) is 12.5. The van der Waals surface area contributed by atoms with E-state index in [-0.39, 0.29) is 21.7 Å². The van der Waals surface area contributed by atoms with Crippen LogP contribution in [0.1, 0.15) is 20.8 Å². The maximum atomic E-state index is 12.2. The predicted molar refractivity (Wildman–Crippen MR) is 97.2 cm³/mol. The number of hydrogen-bond donors (Lipinski definition) is 1. The molecule has 0 bridgehead atoms. The topological polar surface area (TPSA) is 85.5 Å². The van der Waals surface area contributed by atoms with Gasteiger partial charge in [0.15, 0.2) is 17.8 Å². The molecular weight excluding hydrogens is 358 g/mol. The zero-order valence-electron chi connectivity index (χ0n) is 13.7. The van der Waals surface area contributed by atoms with E-state index >= 15 is 0 Å². The molecule has 0 unspecified atom stereocenters. The van der Waals surface area contributed by atoms with Crippen molar-refractivity contribution >= 4 is 34.3 Å². The van der Waals surface area contributed by atoms with E-state index in [2.05, 4.69) is 4.98 Å². The number of ketones is 1. The summed E-state index contributed by atoms with van der Waals surface area (Å²) in [6.45, 7) is -0.476. The number of aromatic nitrogens is 1. The van der Waals surface area contributed by atoms with Crippen LogP contribution in [-0.2, 0) is 4.74 Å². The molecular formula is C19H14ClNO5. The summed E-state index contributed by atoms with van der Waals surface area (Å²) < 4.78 is 10.0. The van der Waals surface area contributed by atoms with Crippen LogP contribution in [0, 0.1) is 0 Å². The van der Waals surface area contributed by atoms with Crippen molar-refractivity contribution in [3.63, 3.8) is 0 Å². The van der Waals surface area contributed by atoms with Gasteiger partial charge in [-0.3, -0.25) is 9.59 Å². The molecule has 7 heteroatoms. The molecule has 0 aliphatic carbocycles. The number of H-pyrrole nitrogens is 1. The molecule has 0 amide bonds. The van der Waals surface area contributed by atoms with Crippen molar-refractivity contribution in [2.24, 2.45) is 0 Å². The van der Waals surface area contributed by atoms with Crippen LogP contribution in [0.2, 0.25) is 5.02 Å². The van der Waals surface area contributed by atoms with E-state index in [1.54, 1.807) is 30.3 Å². The van der Waals surface area contributed by atoms with Gasteiger partial charge in [0, 0.05) is 22.5 Å². The minimum Gasteiger partial charge on any atom is -0.495 e. The van der Waals surface area contributed by atoms with Crippen molar-refractivity contribution in [2.45, 2.75) is 0 Å². The highest BCUT2D eigenvalue weighted by Gasteiger charge is 2.15. The number of rotatable bonds is 5. The molecule has 0 radical (unpaired) electrons. The first kappa shape index (κ1) is 17.7. The number of carbonyl (C=O) groups is 2. The molecule has 0 aliphatic heterocycles. The van der Waals surface area contributed by atoms with E-state index in [0.717, 1.165) is 6.07 Å². The zero-order chi connectivity index (χ0) is 18.7. The van der Waals surface area contributed by atoms with Gasteiger partial charge in [-0.05, 0) is 30.3 Å². The van der Waals surface area contributed by atoms with E-state index in [1.165, 1.54) is 19.2 Å². The van der Waals surface area contributed by atoms with Gasteiger partial charge >= 0.3 is 5.97 Å². The Morgan fingerprint density at radius 1 is 1.12 bits per heavy atom. The van der Waals surface area contributed by atoms with Crippen molar-refractivity contribution < 1.29 is 19.1 Å². The summed E-state index contributed by atoms with van der Waals surface area (Å²) in [7, 11) is 1.47. The third kappa shape index (κ3) is 3.60. The number of ether oxygens (including phenoxy) is 2. The standard InChI is InChI=1S/C19H14ClNO5/c1-25-18-7-6-11(8-13(18)20)17(23)10-26-19(24)15-9-16(22)12-4-2-3-5-14(12)21-15/h2-9H,10H2,1H3,(H,21,22). The Labute approximate surface area is 153 Å². The van der Waals surface area contributed by atoms with Gasteiger partial charge in [0.2, 0.25) is 0 Å². The van der Waals surface area contributed by atoms with E-state index in [0.29, 0.717) is 16.7 Å². The molecule has 3 aromatic rings. The maximum Gasteiger partial charge on any atom is 0.355 e. The van der Waals surface area contributed by atoms with Gasteiger partial charge in [-0.1, -0.05) is 23.7 Å². The molecule has 0 saturated carbocycles. The molecule has 0 fully saturated rings. The predicted octanol–water partition coefficient (Wildman–Crippen LogP) is 3.23. The number of pyridine rings is 1. The third-order valence-corrected chi connectivity index (χ3v) is 4.06. The van der Waals surface area contributed by atoms with Crippen molar-refractivity contribution in [3.8, 4) is 5.75 Å². The molecule has 2 aromatic carbocycles. The van der Waals surface area contributed by atoms with Gasteiger partial charge in [0.25, 0.3) is 0 Å². The lowest BCUT2D eigenvalue weighted by Gasteiger charge is -2.07. The number of Topliss-reactive ketones (excluding diaryl/α,β-unsaturated/α-hetero) is 1. The second-order valence-electron chi connectivity index (χ2n) is 5.44. The van der Waals surface area contributed by atoms with Gasteiger partial charge in [-0.15, -0.1) is 0 Å². The number of halogens is 1. The summed E-state index contributed by atoms with van der Waals surface area (Å²) >= 11 is 5.98. The second kappa shape index (κ2) is 7.41. The second-order valence-corrected chi connectivity index (χ2v) is 5.85. The third-order valence-electron chi connectivity index (χ3n) is 3.77. The number of benzene rings is 2. The summed E-state index contributed by atoms with van der Waals surface area (Å²) in [6.07, 6.45) is 0. The highest BCUT2D eigenvalue weighted by Crippen LogP contribution is 2.25. The van der Waals surface area contributed by atoms with Crippen LogP contribution in [0.4, 0.5) is 0 Å². The monoisotopic (exact) mass is 371 g/mol. The first-order valence-corrected chi connectivity index (χ1v) is 8.03. The van der Waals surface area contributed by atoms with Crippen molar-refractivity contribution in [1.29, 1.82) is 0 Å². The number of hydrogen-bond acceptors (Lipinski definition) is 5. The van der Waals surface area contributed by atoms with Gasteiger partial charge in [0.05, 0.1) is 12.1 Å². The molecule has 1 aromatic heterocycles. The van der Waals surface area contributed by atoms with Gasteiger partial charge in [-0.2, -0.15) is 0 Å². The molecule has 3 rings (SSSR count).